The van der Waals surface area contributed by atoms with E-state index in [0.29, 0.717) is 0 Å². The molecule has 0 aliphatic carbocycles. The molecule has 0 saturated carbocycles. The van der Waals surface area contributed by atoms with Gasteiger partial charge in [-0.05, 0) is 17.9 Å². The Morgan fingerprint density at radius 2 is 2.19 bits per heavy atom. The molecular weight excluding hydrogens is 216 g/mol. The maximum Gasteiger partial charge on any atom is 0.156 e. The number of thioether (sulfide) groups is 1. The topological polar surface area (TPSA) is 24.4 Å². The van der Waals surface area contributed by atoms with E-state index < -0.39 is 0 Å². The molecule has 0 spiro atoms. The van der Waals surface area contributed by atoms with Gasteiger partial charge in [-0.1, -0.05) is 49.0 Å². The van der Waals surface area contributed by atoms with Gasteiger partial charge in [-0.15, -0.1) is 0 Å². The smallest absolute Gasteiger partial charge is 0.156 e. The van der Waals surface area contributed by atoms with Gasteiger partial charge in [0, 0.05) is 18.8 Å². The molecule has 0 amide bonds. The summed E-state index contributed by atoms with van der Waals surface area (Å²) in [6.45, 7) is 4.20. The van der Waals surface area contributed by atoms with Crippen LogP contribution in [0.2, 0.25) is 0 Å². The highest BCUT2D eigenvalue weighted by molar-refractivity contribution is 8.13. The van der Waals surface area contributed by atoms with Crippen LogP contribution in [0.3, 0.4) is 0 Å². The monoisotopic (exact) mass is 234 g/mol. The molecule has 1 aliphatic heterocycles. The van der Waals surface area contributed by atoms with E-state index in [9.17, 15) is 0 Å². The number of rotatable bonds is 3. The van der Waals surface area contributed by atoms with E-state index >= 15 is 0 Å². The van der Waals surface area contributed by atoms with Crippen molar-refractivity contribution < 1.29 is 0 Å². The first-order chi connectivity index (χ1) is 7.84. The normalized spacial score (nSPS) is 20.3. The highest BCUT2D eigenvalue weighted by Crippen LogP contribution is 2.15. The summed E-state index contributed by atoms with van der Waals surface area (Å²) in [5.74, 6) is 1.92. The molecule has 0 radical (unpaired) electrons. The van der Waals surface area contributed by atoms with Gasteiger partial charge in [0.05, 0.1) is 0 Å². The van der Waals surface area contributed by atoms with Gasteiger partial charge in [-0.25, -0.2) is 0 Å². The first kappa shape index (κ1) is 11.5. The van der Waals surface area contributed by atoms with Crippen LogP contribution in [0, 0.1) is 5.92 Å². The Morgan fingerprint density at radius 3 is 2.88 bits per heavy atom. The van der Waals surface area contributed by atoms with Crippen molar-refractivity contribution in [2.75, 3.05) is 18.8 Å². The largest absolute Gasteiger partial charge is 0.365 e. The minimum absolute atomic E-state index is 0.727. The van der Waals surface area contributed by atoms with Crippen molar-refractivity contribution in [2.45, 2.75) is 13.3 Å². The summed E-state index contributed by atoms with van der Waals surface area (Å²) in [6, 6.07) is 10.6. The van der Waals surface area contributed by atoms with E-state index in [1.54, 1.807) is 0 Å². The third kappa shape index (κ3) is 3.56. The molecule has 3 heteroatoms. The Bertz CT molecular complexity index is 348. The fourth-order valence-corrected chi connectivity index (χ4v) is 2.54. The van der Waals surface area contributed by atoms with E-state index in [1.807, 2.05) is 11.8 Å². The van der Waals surface area contributed by atoms with E-state index in [1.165, 1.54) is 11.3 Å². The first-order valence-corrected chi connectivity index (χ1v) is 6.78. The number of aliphatic imine (C=N–C) groups is 1. The third-order valence-electron chi connectivity index (χ3n) is 2.58. The molecule has 0 saturated heterocycles. The van der Waals surface area contributed by atoms with Gasteiger partial charge in [0.2, 0.25) is 0 Å². The number of nitrogens with one attached hydrogen (secondary N) is 1. The molecule has 1 aromatic rings. The van der Waals surface area contributed by atoms with Crippen LogP contribution in [0.1, 0.15) is 12.5 Å². The van der Waals surface area contributed by atoms with Crippen LogP contribution < -0.4 is 5.32 Å². The van der Waals surface area contributed by atoms with Crippen LogP contribution in [0.25, 0.3) is 0 Å². The zero-order valence-electron chi connectivity index (χ0n) is 9.65. The van der Waals surface area contributed by atoms with Gasteiger partial charge in [0.25, 0.3) is 0 Å². The number of nitrogens with zero attached hydrogens (tertiary/aromatic N) is 1. The van der Waals surface area contributed by atoms with Gasteiger partial charge in [0.15, 0.2) is 5.17 Å². The molecule has 16 heavy (non-hydrogen) atoms. The number of benzene rings is 1. The number of hydrogen-bond acceptors (Lipinski definition) is 3. The zero-order chi connectivity index (χ0) is 11.2. The maximum atomic E-state index is 4.51. The van der Waals surface area contributed by atoms with Crippen molar-refractivity contribution >= 4 is 16.9 Å². The minimum Gasteiger partial charge on any atom is -0.365 e. The van der Waals surface area contributed by atoms with Crippen LogP contribution >= 0.6 is 11.8 Å². The van der Waals surface area contributed by atoms with Gasteiger partial charge < -0.3 is 5.32 Å². The van der Waals surface area contributed by atoms with Crippen LogP contribution in [-0.2, 0) is 6.42 Å². The lowest BCUT2D eigenvalue weighted by Gasteiger charge is -2.17. The van der Waals surface area contributed by atoms with Crippen LogP contribution in [0.4, 0.5) is 0 Å². The lowest BCUT2D eigenvalue weighted by atomic mass is 10.1. The quantitative estimate of drug-likeness (QED) is 0.869. The molecule has 0 bridgehead atoms. The van der Waals surface area contributed by atoms with E-state index in [4.69, 9.17) is 0 Å². The van der Waals surface area contributed by atoms with Gasteiger partial charge in [-0.2, -0.15) is 0 Å². The highest BCUT2D eigenvalue weighted by atomic mass is 32.2. The second-order valence-electron chi connectivity index (χ2n) is 4.22. The summed E-state index contributed by atoms with van der Waals surface area (Å²) in [5, 5.41) is 4.52. The number of amidine groups is 1. The molecule has 1 unspecified atom stereocenters. The van der Waals surface area contributed by atoms with Crippen molar-refractivity contribution in [3.8, 4) is 0 Å². The SMILES string of the molecule is CC1CN=C(NCCc2ccccc2)SC1. The summed E-state index contributed by atoms with van der Waals surface area (Å²) < 4.78 is 0. The van der Waals surface area contributed by atoms with Gasteiger partial charge >= 0.3 is 0 Å². The Morgan fingerprint density at radius 1 is 1.38 bits per heavy atom. The summed E-state index contributed by atoms with van der Waals surface area (Å²) in [6.07, 6.45) is 1.07. The highest BCUT2D eigenvalue weighted by Gasteiger charge is 2.10. The zero-order valence-corrected chi connectivity index (χ0v) is 10.5. The molecule has 1 aromatic carbocycles. The predicted molar refractivity (Wildman–Crippen MR) is 72.1 cm³/mol. The second-order valence-corrected chi connectivity index (χ2v) is 5.23. The molecule has 0 fully saturated rings. The van der Waals surface area contributed by atoms with Crippen molar-refractivity contribution in [3.63, 3.8) is 0 Å². The molecule has 1 heterocycles. The molecule has 2 nitrogen and oxygen atoms in total. The molecule has 1 N–H and O–H groups in total. The van der Waals surface area contributed by atoms with E-state index in [0.717, 1.165) is 30.6 Å². The minimum atomic E-state index is 0.727. The van der Waals surface area contributed by atoms with Crippen molar-refractivity contribution in [2.24, 2.45) is 10.9 Å². The van der Waals surface area contributed by atoms with E-state index in [2.05, 4.69) is 47.6 Å². The first-order valence-electron chi connectivity index (χ1n) is 5.79. The summed E-state index contributed by atoms with van der Waals surface area (Å²) in [5.41, 5.74) is 1.38. The fourth-order valence-electron chi connectivity index (χ4n) is 1.62. The lowest BCUT2D eigenvalue weighted by Crippen LogP contribution is -2.27. The summed E-state index contributed by atoms with van der Waals surface area (Å²) in [4.78, 5) is 4.51. The Kier molecular flexibility index (Phi) is 4.28. The predicted octanol–water partition coefficient (Wildman–Crippen LogP) is 2.56. The Hall–Kier alpha value is -0.960. The Balaban J connectivity index is 1.72. The molecule has 1 aliphatic rings. The summed E-state index contributed by atoms with van der Waals surface area (Å²) in [7, 11) is 0. The second kappa shape index (κ2) is 5.94. The average molecular weight is 234 g/mol. The van der Waals surface area contributed by atoms with Crippen molar-refractivity contribution in [3.05, 3.63) is 35.9 Å². The molecule has 1 atom stereocenters. The van der Waals surface area contributed by atoms with Crippen LogP contribution in [0.5, 0.6) is 0 Å². The summed E-state index contributed by atoms with van der Waals surface area (Å²) >= 11 is 1.85. The molecular formula is C13H18N2S. The van der Waals surface area contributed by atoms with Crippen molar-refractivity contribution in [1.29, 1.82) is 0 Å². The Labute approximate surface area is 102 Å². The van der Waals surface area contributed by atoms with Crippen LogP contribution in [0.15, 0.2) is 35.3 Å². The molecule has 0 aromatic heterocycles. The maximum absolute atomic E-state index is 4.51. The molecule has 86 valence electrons. The average Bonchev–Trinajstić information content (AvgIpc) is 2.33. The van der Waals surface area contributed by atoms with Gasteiger partial charge in [0.1, 0.15) is 0 Å². The lowest BCUT2D eigenvalue weighted by molar-refractivity contribution is 0.669. The van der Waals surface area contributed by atoms with Crippen molar-refractivity contribution in [1.82, 2.24) is 5.32 Å². The molecule has 2 rings (SSSR count). The fraction of sp³-hybridized carbons (Fsp3) is 0.462. The van der Waals surface area contributed by atoms with E-state index in [-0.39, 0.29) is 0 Å². The number of hydrogen-bond donors (Lipinski definition) is 1. The van der Waals surface area contributed by atoms with Gasteiger partial charge in [-0.3, -0.25) is 4.99 Å². The standard InChI is InChI=1S/C13H18N2S/c1-11-9-15-13(16-10-11)14-8-7-12-5-3-2-4-6-12/h2-6,11H,7-10H2,1H3,(H,14,15). The third-order valence-corrected chi connectivity index (χ3v) is 3.87. The van der Waals surface area contributed by atoms with Crippen LogP contribution in [-0.4, -0.2) is 24.0 Å².